The monoisotopic (exact) mass is 251 g/mol. The lowest BCUT2D eigenvalue weighted by molar-refractivity contribution is 0.449. The Morgan fingerprint density at radius 1 is 1.00 bits per heavy atom. The molecule has 0 unspecified atom stereocenters. The third kappa shape index (κ3) is 2.65. The molecule has 0 bridgehead atoms. The topological polar surface area (TPSA) is 37.3 Å². The zero-order valence-electron chi connectivity index (χ0n) is 9.07. The molecule has 0 spiro atoms. The summed E-state index contributed by atoms with van der Waals surface area (Å²) >= 11 is 0. The molecule has 0 aliphatic heterocycles. The number of hydrazone groups is 1. The van der Waals surface area contributed by atoms with Gasteiger partial charge in [-0.15, -0.1) is 0 Å². The highest BCUT2D eigenvalue weighted by molar-refractivity contribution is 5.79. The Labute approximate surface area is 101 Å². The number of pyridine rings is 1. The minimum atomic E-state index is -1.53. The van der Waals surface area contributed by atoms with Crippen molar-refractivity contribution in [1.82, 2.24) is 4.98 Å². The standard InChI is InChI=1S/C12H8F3N3/c13-9-1-2-10(12(15)11(9)14)18-17-7-8-3-5-16-6-4-8/h1-7,18H/b17-7+. The average Bonchev–Trinajstić information content (AvgIpc) is 2.40. The second-order valence-electron chi connectivity index (χ2n) is 3.37. The number of hydrogen-bond acceptors (Lipinski definition) is 3. The molecule has 2 aromatic rings. The van der Waals surface area contributed by atoms with Gasteiger partial charge in [0.05, 0.1) is 11.9 Å². The van der Waals surface area contributed by atoms with Crippen molar-refractivity contribution in [2.75, 3.05) is 5.43 Å². The van der Waals surface area contributed by atoms with Crippen LogP contribution in [0.3, 0.4) is 0 Å². The fourth-order valence-electron chi connectivity index (χ4n) is 1.24. The molecule has 1 aromatic heterocycles. The Morgan fingerprint density at radius 3 is 2.44 bits per heavy atom. The quantitative estimate of drug-likeness (QED) is 0.517. The van der Waals surface area contributed by atoms with Gasteiger partial charge in [0, 0.05) is 12.4 Å². The second-order valence-corrected chi connectivity index (χ2v) is 3.37. The Hall–Kier alpha value is -2.37. The van der Waals surface area contributed by atoms with Crippen LogP contribution in [0.1, 0.15) is 5.56 Å². The van der Waals surface area contributed by atoms with Crippen molar-refractivity contribution >= 4 is 11.9 Å². The molecule has 3 nitrogen and oxygen atoms in total. The smallest absolute Gasteiger partial charge is 0.196 e. The van der Waals surface area contributed by atoms with Gasteiger partial charge in [0.1, 0.15) is 0 Å². The van der Waals surface area contributed by atoms with Crippen LogP contribution in [0.4, 0.5) is 18.9 Å². The predicted molar refractivity (Wildman–Crippen MR) is 61.8 cm³/mol. The van der Waals surface area contributed by atoms with E-state index in [1.54, 1.807) is 24.5 Å². The highest BCUT2D eigenvalue weighted by Crippen LogP contribution is 2.19. The fourth-order valence-corrected chi connectivity index (χ4v) is 1.24. The second kappa shape index (κ2) is 5.31. The minimum absolute atomic E-state index is 0.237. The van der Waals surface area contributed by atoms with E-state index in [2.05, 4.69) is 15.5 Å². The van der Waals surface area contributed by atoms with Crippen LogP contribution in [0.25, 0.3) is 0 Å². The van der Waals surface area contributed by atoms with Crippen molar-refractivity contribution in [1.29, 1.82) is 0 Å². The van der Waals surface area contributed by atoms with E-state index in [0.29, 0.717) is 0 Å². The third-order valence-electron chi connectivity index (χ3n) is 2.14. The van der Waals surface area contributed by atoms with Gasteiger partial charge in [0.15, 0.2) is 17.5 Å². The summed E-state index contributed by atoms with van der Waals surface area (Å²) in [5.41, 5.74) is 2.80. The molecule has 6 heteroatoms. The molecule has 0 saturated heterocycles. The molecule has 1 N–H and O–H groups in total. The van der Waals surface area contributed by atoms with E-state index in [1.165, 1.54) is 6.21 Å². The summed E-state index contributed by atoms with van der Waals surface area (Å²) in [6.45, 7) is 0. The molecule has 2 rings (SSSR count). The summed E-state index contributed by atoms with van der Waals surface area (Å²) in [6.07, 6.45) is 4.54. The minimum Gasteiger partial charge on any atom is -0.275 e. The van der Waals surface area contributed by atoms with Crippen molar-refractivity contribution in [2.24, 2.45) is 5.10 Å². The summed E-state index contributed by atoms with van der Waals surface area (Å²) in [7, 11) is 0. The van der Waals surface area contributed by atoms with Crippen LogP contribution >= 0.6 is 0 Å². The maximum absolute atomic E-state index is 13.2. The lowest BCUT2D eigenvalue weighted by atomic mass is 10.3. The van der Waals surface area contributed by atoms with Gasteiger partial charge in [-0.2, -0.15) is 5.10 Å². The first-order valence-corrected chi connectivity index (χ1v) is 5.01. The van der Waals surface area contributed by atoms with Crippen molar-refractivity contribution in [2.45, 2.75) is 0 Å². The summed E-state index contributed by atoms with van der Waals surface area (Å²) in [6, 6.07) is 5.26. The molecular weight excluding hydrogens is 243 g/mol. The number of nitrogens with zero attached hydrogens (tertiary/aromatic N) is 2. The zero-order valence-corrected chi connectivity index (χ0v) is 9.07. The number of halogens is 3. The van der Waals surface area contributed by atoms with Gasteiger partial charge in [-0.25, -0.2) is 13.2 Å². The Balaban J connectivity index is 2.12. The van der Waals surface area contributed by atoms with E-state index < -0.39 is 17.5 Å². The van der Waals surface area contributed by atoms with Gasteiger partial charge in [0.2, 0.25) is 0 Å². The largest absolute Gasteiger partial charge is 0.275 e. The SMILES string of the molecule is Fc1ccc(N/N=C/c2ccncc2)c(F)c1F. The van der Waals surface area contributed by atoms with E-state index in [4.69, 9.17) is 0 Å². The number of nitrogens with one attached hydrogen (secondary N) is 1. The van der Waals surface area contributed by atoms with E-state index in [0.717, 1.165) is 17.7 Å². The Bertz CT molecular complexity index is 570. The zero-order chi connectivity index (χ0) is 13.0. The highest BCUT2D eigenvalue weighted by atomic mass is 19.2. The normalized spacial score (nSPS) is 10.8. The summed E-state index contributed by atoms with van der Waals surface area (Å²) in [4.78, 5) is 3.81. The number of hydrogen-bond donors (Lipinski definition) is 1. The summed E-state index contributed by atoms with van der Waals surface area (Å²) < 4.78 is 38.8. The molecular formula is C12H8F3N3. The number of aromatic nitrogens is 1. The van der Waals surface area contributed by atoms with Gasteiger partial charge in [-0.3, -0.25) is 10.4 Å². The van der Waals surface area contributed by atoms with Crippen molar-refractivity contribution in [3.8, 4) is 0 Å². The van der Waals surface area contributed by atoms with E-state index >= 15 is 0 Å². The molecule has 0 radical (unpaired) electrons. The molecule has 0 saturated carbocycles. The first-order valence-electron chi connectivity index (χ1n) is 5.01. The molecule has 0 amide bonds. The fraction of sp³-hybridized carbons (Fsp3) is 0. The van der Waals surface area contributed by atoms with Gasteiger partial charge in [0.25, 0.3) is 0 Å². The molecule has 1 aromatic carbocycles. The van der Waals surface area contributed by atoms with Crippen LogP contribution in [-0.2, 0) is 0 Å². The number of anilines is 1. The lowest BCUT2D eigenvalue weighted by Crippen LogP contribution is -1.98. The number of benzene rings is 1. The van der Waals surface area contributed by atoms with E-state index in [-0.39, 0.29) is 5.69 Å². The first kappa shape index (κ1) is 12.1. The molecule has 0 fully saturated rings. The van der Waals surface area contributed by atoms with Crippen molar-refractivity contribution in [3.05, 3.63) is 59.7 Å². The van der Waals surface area contributed by atoms with Crippen LogP contribution < -0.4 is 5.43 Å². The predicted octanol–water partition coefficient (Wildman–Crippen LogP) is 2.94. The van der Waals surface area contributed by atoms with Crippen LogP contribution in [-0.4, -0.2) is 11.2 Å². The third-order valence-corrected chi connectivity index (χ3v) is 2.14. The summed E-state index contributed by atoms with van der Waals surface area (Å²) in [5, 5.41) is 3.71. The lowest BCUT2D eigenvalue weighted by Gasteiger charge is -2.03. The molecule has 1 heterocycles. The van der Waals surface area contributed by atoms with Crippen LogP contribution in [0.15, 0.2) is 41.8 Å². The van der Waals surface area contributed by atoms with E-state index in [1.807, 2.05) is 0 Å². The molecule has 0 aliphatic carbocycles. The van der Waals surface area contributed by atoms with Crippen molar-refractivity contribution < 1.29 is 13.2 Å². The maximum atomic E-state index is 13.2. The highest BCUT2D eigenvalue weighted by Gasteiger charge is 2.12. The van der Waals surface area contributed by atoms with Crippen LogP contribution in [0.2, 0.25) is 0 Å². The first-order chi connectivity index (χ1) is 8.68. The van der Waals surface area contributed by atoms with Crippen LogP contribution in [0.5, 0.6) is 0 Å². The van der Waals surface area contributed by atoms with E-state index in [9.17, 15) is 13.2 Å². The molecule has 92 valence electrons. The van der Waals surface area contributed by atoms with Gasteiger partial charge in [-0.05, 0) is 29.8 Å². The average molecular weight is 251 g/mol. The van der Waals surface area contributed by atoms with Crippen molar-refractivity contribution in [3.63, 3.8) is 0 Å². The Morgan fingerprint density at radius 2 is 1.72 bits per heavy atom. The molecule has 18 heavy (non-hydrogen) atoms. The molecule has 0 atom stereocenters. The number of rotatable bonds is 3. The molecule has 0 aliphatic rings. The Kier molecular flexibility index (Phi) is 3.57. The summed E-state index contributed by atoms with van der Waals surface area (Å²) in [5.74, 6) is -4.07. The van der Waals surface area contributed by atoms with Gasteiger partial charge >= 0.3 is 0 Å². The maximum Gasteiger partial charge on any atom is 0.196 e. The van der Waals surface area contributed by atoms with Gasteiger partial charge in [-0.1, -0.05) is 0 Å². The van der Waals surface area contributed by atoms with Crippen LogP contribution in [0, 0.1) is 17.5 Å². The van der Waals surface area contributed by atoms with Gasteiger partial charge < -0.3 is 0 Å².